The molecule has 3 heteroatoms. The third-order valence-electron chi connectivity index (χ3n) is 1.72. The fraction of sp³-hybridized carbons (Fsp3) is 0.273. The van der Waals surface area contributed by atoms with Crippen molar-refractivity contribution in [2.75, 3.05) is 0 Å². The number of rotatable bonds is 2. The molecule has 0 N–H and O–H groups in total. The second-order valence-electron chi connectivity index (χ2n) is 3.21. The Morgan fingerprint density at radius 3 is 2.64 bits per heavy atom. The molecule has 0 aromatic heterocycles. The Bertz CT molecular complexity index is 345. The molecule has 1 aromatic carbocycles. The molecule has 2 nitrogen and oxygen atoms in total. The Morgan fingerprint density at radius 2 is 2.14 bits per heavy atom. The molecule has 1 aromatic rings. The van der Waals surface area contributed by atoms with Crippen molar-refractivity contribution in [3.8, 4) is 5.75 Å². The van der Waals surface area contributed by atoms with E-state index in [2.05, 4.69) is 6.92 Å². The van der Waals surface area contributed by atoms with Gasteiger partial charge in [-0.25, -0.2) is 0 Å². The van der Waals surface area contributed by atoms with Gasteiger partial charge >= 0.3 is 5.97 Å². The second kappa shape index (κ2) is 4.47. The zero-order chi connectivity index (χ0) is 10.7. The maximum atomic E-state index is 10.7. The second-order valence-corrected chi connectivity index (χ2v) is 3.65. The summed E-state index contributed by atoms with van der Waals surface area (Å²) in [6, 6.07) is 5.19. The Hall–Kier alpha value is -1.02. The van der Waals surface area contributed by atoms with E-state index in [1.807, 2.05) is 13.0 Å². The molecule has 1 rings (SSSR count). The lowest BCUT2D eigenvalue weighted by Crippen LogP contribution is -2.02. The van der Waals surface area contributed by atoms with Gasteiger partial charge in [-0.05, 0) is 36.6 Å². The van der Waals surface area contributed by atoms with Gasteiger partial charge in [0.15, 0.2) is 0 Å². The molecule has 0 spiro atoms. The maximum Gasteiger partial charge on any atom is 0.308 e. The highest BCUT2D eigenvalue weighted by Gasteiger charge is 2.05. The number of carbonyl (C=O) groups excluding carboxylic acids is 1. The van der Waals surface area contributed by atoms with E-state index in [0.717, 1.165) is 5.56 Å². The van der Waals surface area contributed by atoms with Gasteiger partial charge in [-0.3, -0.25) is 4.79 Å². The highest BCUT2D eigenvalue weighted by atomic mass is 35.5. The summed E-state index contributed by atoms with van der Waals surface area (Å²) in [5.74, 6) is 0.230. The van der Waals surface area contributed by atoms with Crippen molar-refractivity contribution >= 4 is 17.6 Å². The number of halogens is 1. The molecule has 1 atom stereocenters. The quantitative estimate of drug-likeness (QED) is 0.555. The summed E-state index contributed by atoms with van der Waals surface area (Å²) in [5.41, 5.74) is 0.953. The first kappa shape index (κ1) is 11.1. The fourth-order valence-corrected chi connectivity index (χ4v) is 1.33. The number of benzene rings is 1. The zero-order valence-electron chi connectivity index (χ0n) is 8.21. The summed E-state index contributed by atoms with van der Waals surface area (Å²) in [6.45, 7) is 7.17. The first-order valence-corrected chi connectivity index (χ1v) is 4.69. The van der Waals surface area contributed by atoms with E-state index in [4.69, 9.17) is 16.3 Å². The molecular weight excluding hydrogens is 200 g/mol. The van der Waals surface area contributed by atoms with Gasteiger partial charge < -0.3 is 4.74 Å². The third kappa shape index (κ3) is 3.04. The van der Waals surface area contributed by atoms with Crippen LogP contribution in [0.3, 0.4) is 0 Å². The minimum absolute atomic E-state index is 0.114. The molecular formula is C11H12ClO2. The van der Waals surface area contributed by atoms with E-state index < -0.39 is 0 Å². The highest BCUT2D eigenvalue weighted by Crippen LogP contribution is 2.25. The maximum absolute atomic E-state index is 10.7. The highest BCUT2D eigenvalue weighted by molar-refractivity contribution is 6.30. The van der Waals surface area contributed by atoms with Gasteiger partial charge in [0.2, 0.25) is 0 Å². The van der Waals surface area contributed by atoms with Crippen LogP contribution < -0.4 is 4.74 Å². The van der Waals surface area contributed by atoms with E-state index in [-0.39, 0.29) is 11.9 Å². The molecule has 75 valence electrons. The lowest BCUT2D eigenvalue weighted by Gasteiger charge is -2.08. The van der Waals surface area contributed by atoms with Crippen LogP contribution in [0, 0.1) is 6.92 Å². The summed E-state index contributed by atoms with van der Waals surface area (Å²) >= 11 is 5.86. The molecule has 0 bridgehead atoms. The van der Waals surface area contributed by atoms with Crippen LogP contribution in [-0.2, 0) is 4.79 Å². The molecule has 0 aliphatic carbocycles. The molecule has 0 aliphatic heterocycles. The first-order valence-electron chi connectivity index (χ1n) is 4.31. The molecule has 0 heterocycles. The van der Waals surface area contributed by atoms with Gasteiger partial charge in [-0.1, -0.05) is 18.5 Å². The van der Waals surface area contributed by atoms with Crippen molar-refractivity contribution in [2.45, 2.75) is 19.8 Å². The number of ether oxygens (including phenoxy) is 1. The van der Waals surface area contributed by atoms with Crippen LogP contribution in [0.15, 0.2) is 18.2 Å². The summed E-state index contributed by atoms with van der Waals surface area (Å²) < 4.78 is 4.93. The summed E-state index contributed by atoms with van der Waals surface area (Å²) in [4.78, 5) is 10.7. The Morgan fingerprint density at radius 1 is 1.50 bits per heavy atom. The normalized spacial score (nSPS) is 10.4. The van der Waals surface area contributed by atoms with Crippen LogP contribution in [0.25, 0.3) is 0 Å². The number of hydrogen-bond donors (Lipinski definition) is 0. The van der Waals surface area contributed by atoms with Gasteiger partial charge in [-0.15, -0.1) is 0 Å². The van der Waals surface area contributed by atoms with Crippen LogP contribution in [-0.4, -0.2) is 5.97 Å². The van der Waals surface area contributed by atoms with Crippen molar-refractivity contribution in [3.05, 3.63) is 35.7 Å². The Labute approximate surface area is 88.8 Å². The average molecular weight is 212 g/mol. The van der Waals surface area contributed by atoms with Gasteiger partial charge in [0.1, 0.15) is 5.75 Å². The van der Waals surface area contributed by atoms with E-state index in [1.165, 1.54) is 6.92 Å². The van der Waals surface area contributed by atoms with Crippen LogP contribution in [0.5, 0.6) is 5.75 Å². The topological polar surface area (TPSA) is 26.3 Å². The predicted molar refractivity (Wildman–Crippen MR) is 56.5 cm³/mol. The number of esters is 1. The minimum atomic E-state index is -0.352. The molecule has 0 saturated carbocycles. The van der Waals surface area contributed by atoms with Crippen LogP contribution in [0.1, 0.15) is 25.3 Å². The molecule has 14 heavy (non-hydrogen) atoms. The van der Waals surface area contributed by atoms with E-state index >= 15 is 0 Å². The number of carbonyl (C=O) groups is 1. The zero-order valence-corrected chi connectivity index (χ0v) is 8.97. The van der Waals surface area contributed by atoms with E-state index in [0.29, 0.717) is 10.8 Å². The lowest BCUT2D eigenvalue weighted by atomic mass is 10.0. The monoisotopic (exact) mass is 211 g/mol. The number of hydrogen-bond acceptors (Lipinski definition) is 2. The van der Waals surface area contributed by atoms with Gasteiger partial charge in [0.25, 0.3) is 0 Å². The summed E-state index contributed by atoms with van der Waals surface area (Å²) in [5, 5.41) is 0.550. The van der Waals surface area contributed by atoms with Crippen LogP contribution in [0.4, 0.5) is 0 Å². The van der Waals surface area contributed by atoms with Gasteiger partial charge in [0.05, 0.1) is 0 Å². The van der Waals surface area contributed by atoms with E-state index in [9.17, 15) is 4.79 Å². The Balaban J connectivity index is 3.01. The molecule has 0 amide bonds. The molecule has 0 aliphatic rings. The minimum Gasteiger partial charge on any atom is -0.427 e. The first-order chi connectivity index (χ1) is 6.49. The molecule has 1 unspecified atom stereocenters. The largest absolute Gasteiger partial charge is 0.427 e. The van der Waals surface area contributed by atoms with Crippen molar-refractivity contribution in [3.63, 3.8) is 0 Å². The van der Waals surface area contributed by atoms with E-state index in [1.54, 1.807) is 12.1 Å². The van der Waals surface area contributed by atoms with Crippen molar-refractivity contribution in [1.29, 1.82) is 0 Å². The van der Waals surface area contributed by atoms with Gasteiger partial charge in [-0.2, -0.15) is 0 Å². The van der Waals surface area contributed by atoms with Crippen LogP contribution in [0.2, 0.25) is 5.02 Å². The molecule has 0 saturated heterocycles. The summed E-state index contributed by atoms with van der Waals surface area (Å²) in [7, 11) is 0. The van der Waals surface area contributed by atoms with Gasteiger partial charge in [0, 0.05) is 11.9 Å². The fourth-order valence-electron chi connectivity index (χ4n) is 1.09. The predicted octanol–water partition coefficient (Wildman–Crippen LogP) is 3.20. The lowest BCUT2D eigenvalue weighted by molar-refractivity contribution is -0.131. The smallest absolute Gasteiger partial charge is 0.308 e. The van der Waals surface area contributed by atoms with Crippen molar-refractivity contribution in [1.82, 2.24) is 0 Å². The average Bonchev–Trinajstić information content (AvgIpc) is 2.01. The molecule has 1 radical (unpaired) electrons. The molecule has 0 fully saturated rings. The van der Waals surface area contributed by atoms with Crippen LogP contribution >= 0.6 is 11.6 Å². The Kier molecular flexibility index (Phi) is 3.53. The summed E-state index contributed by atoms with van der Waals surface area (Å²) in [6.07, 6.45) is 0. The van der Waals surface area contributed by atoms with Crippen molar-refractivity contribution in [2.24, 2.45) is 0 Å². The standard InChI is InChI=1S/C11H12ClO2/c1-7(2)9-4-10(12)6-11(5-9)14-8(3)13/h4-7H,1H2,2-3H3. The SMILES string of the molecule is [CH2]C(C)c1cc(Cl)cc(OC(C)=O)c1. The van der Waals surface area contributed by atoms with Crippen molar-refractivity contribution < 1.29 is 9.53 Å². The third-order valence-corrected chi connectivity index (χ3v) is 1.94.